The number of carbonyl (C=O) groups is 1. The van der Waals surface area contributed by atoms with Crippen LogP contribution in [-0.2, 0) is 9.53 Å². The van der Waals surface area contributed by atoms with Gasteiger partial charge in [0.1, 0.15) is 0 Å². The third kappa shape index (κ3) is 2.04. The molecule has 1 N–H and O–H groups in total. The molecule has 0 amide bonds. The Morgan fingerprint density at radius 3 is 2.80 bits per heavy atom. The third-order valence-corrected chi connectivity index (χ3v) is 1.59. The highest BCUT2D eigenvalue weighted by Crippen LogP contribution is 2.19. The summed E-state index contributed by atoms with van der Waals surface area (Å²) in [6.07, 6.45) is 0.591. The second kappa shape index (κ2) is 3.07. The van der Waals surface area contributed by atoms with Gasteiger partial charge in [-0.25, -0.2) is 4.79 Å². The van der Waals surface area contributed by atoms with Crippen LogP contribution in [0.15, 0.2) is 11.0 Å². The molecule has 0 aromatic heterocycles. The first kappa shape index (κ1) is 7.63. The van der Waals surface area contributed by atoms with E-state index in [0.717, 1.165) is 0 Å². The van der Waals surface area contributed by atoms with Crippen molar-refractivity contribution in [2.45, 2.75) is 12.5 Å². The van der Waals surface area contributed by atoms with Gasteiger partial charge in [-0.3, -0.25) is 0 Å². The monoisotopic (exact) mass is 160 g/mol. The summed E-state index contributed by atoms with van der Waals surface area (Å²) in [4.78, 5) is 10.3. The van der Waals surface area contributed by atoms with Crippen molar-refractivity contribution < 1.29 is 14.6 Å². The van der Waals surface area contributed by atoms with E-state index in [-0.39, 0.29) is 6.10 Å². The summed E-state index contributed by atoms with van der Waals surface area (Å²) in [6, 6.07) is 0. The summed E-state index contributed by atoms with van der Waals surface area (Å²) < 4.78 is 4.85. The van der Waals surface area contributed by atoms with Crippen LogP contribution in [0.2, 0.25) is 0 Å². The van der Waals surface area contributed by atoms with E-state index in [1.807, 2.05) is 0 Å². The molecule has 0 aliphatic carbocycles. The molecule has 0 aromatic carbocycles. The Hall–Kier alpha value is -0.480. The fourth-order valence-corrected chi connectivity index (χ4v) is 0.842. The summed E-state index contributed by atoms with van der Waals surface area (Å²) in [6.45, 7) is 0.679. The van der Waals surface area contributed by atoms with Gasteiger partial charge in [-0.05, 0) is 5.41 Å². The van der Waals surface area contributed by atoms with E-state index in [1.165, 1.54) is 5.41 Å². The minimum absolute atomic E-state index is 0.120. The number of hydrogen-bond acceptors (Lipinski definition) is 3. The predicted octanol–water partition coefficient (Wildman–Crippen LogP) is 0.674. The smallest absolute Gasteiger partial charge is 0.332 e. The second-order valence-corrected chi connectivity index (χ2v) is 2.38. The number of epoxide rings is 1. The van der Waals surface area contributed by atoms with Crippen molar-refractivity contribution in [2.24, 2.45) is 0 Å². The highest BCUT2D eigenvalue weighted by atomic mass is 32.1. The zero-order valence-corrected chi connectivity index (χ0v) is 6.17. The number of thiol groups is 1. The van der Waals surface area contributed by atoms with Crippen LogP contribution < -0.4 is 0 Å². The molecule has 0 spiro atoms. The van der Waals surface area contributed by atoms with E-state index in [4.69, 9.17) is 9.84 Å². The average Bonchev–Trinajstić information content (AvgIpc) is 2.64. The molecular formula is C6H8O3S. The summed E-state index contributed by atoms with van der Waals surface area (Å²) in [5.41, 5.74) is 0.311. The number of hydrogen-bond donors (Lipinski definition) is 2. The standard InChI is InChI=1S/C6H8O3S/c7-6(8)4(3-10)1-5-2-9-5/h3,5,10H,1-2H2,(H,7,8). The molecule has 0 bridgehead atoms. The van der Waals surface area contributed by atoms with Gasteiger partial charge in [-0.2, -0.15) is 12.6 Å². The summed E-state index contributed by atoms with van der Waals surface area (Å²) >= 11 is 3.76. The van der Waals surface area contributed by atoms with E-state index in [0.29, 0.717) is 18.6 Å². The Morgan fingerprint density at radius 2 is 2.50 bits per heavy atom. The molecule has 1 heterocycles. The Balaban J connectivity index is 2.40. The lowest BCUT2D eigenvalue weighted by atomic mass is 10.2. The molecule has 1 rings (SSSR count). The molecule has 3 nitrogen and oxygen atoms in total. The van der Waals surface area contributed by atoms with Crippen LogP contribution in [0.1, 0.15) is 6.42 Å². The molecule has 1 atom stereocenters. The van der Waals surface area contributed by atoms with Crippen molar-refractivity contribution in [3.63, 3.8) is 0 Å². The van der Waals surface area contributed by atoms with Crippen molar-refractivity contribution in [3.8, 4) is 0 Å². The number of rotatable bonds is 3. The van der Waals surface area contributed by atoms with E-state index in [9.17, 15) is 4.79 Å². The molecule has 1 aliphatic rings. The molecule has 4 heteroatoms. The van der Waals surface area contributed by atoms with Crippen LogP contribution in [-0.4, -0.2) is 23.8 Å². The van der Waals surface area contributed by atoms with E-state index >= 15 is 0 Å². The fourth-order valence-electron chi connectivity index (χ4n) is 0.626. The van der Waals surface area contributed by atoms with Crippen molar-refractivity contribution in [1.82, 2.24) is 0 Å². The summed E-state index contributed by atoms with van der Waals surface area (Å²) in [5, 5.41) is 9.79. The Bertz CT molecular complexity index is 172. The molecule has 1 saturated heterocycles. The minimum atomic E-state index is -0.912. The van der Waals surface area contributed by atoms with Crippen molar-refractivity contribution >= 4 is 18.6 Å². The molecule has 0 saturated carbocycles. The molecule has 0 aromatic rings. The van der Waals surface area contributed by atoms with E-state index < -0.39 is 5.97 Å². The van der Waals surface area contributed by atoms with Crippen LogP contribution in [0.3, 0.4) is 0 Å². The number of carboxylic acid groups (broad SMARTS) is 1. The maximum atomic E-state index is 10.3. The van der Waals surface area contributed by atoms with Gasteiger partial charge in [0, 0.05) is 12.0 Å². The van der Waals surface area contributed by atoms with Crippen molar-refractivity contribution in [2.75, 3.05) is 6.61 Å². The maximum absolute atomic E-state index is 10.3. The molecular weight excluding hydrogens is 152 g/mol. The highest BCUT2D eigenvalue weighted by Gasteiger charge is 2.25. The second-order valence-electron chi connectivity index (χ2n) is 2.12. The quantitative estimate of drug-likeness (QED) is 0.362. The predicted molar refractivity (Wildman–Crippen MR) is 39.1 cm³/mol. The number of aliphatic carboxylic acids is 1. The van der Waals surface area contributed by atoms with Gasteiger partial charge in [0.25, 0.3) is 0 Å². The lowest BCUT2D eigenvalue weighted by Gasteiger charge is -1.94. The van der Waals surface area contributed by atoms with Crippen LogP contribution in [0, 0.1) is 0 Å². The Morgan fingerprint density at radius 1 is 1.90 bits per heavy atom. The SMILES string of the molecule is O=C(O)C(=CS)CC1CO1. The molecule has 56 valence electrons. The molecule has 0 radical (unpaired) electrons. The Labute approximate surface area is 64.1 Å². The van der Waals surface area contributed by atoms with Gasteiger partial charge in [0.15, 0.2) is 0 Å². The van der Waals surface area contributed by atoms with Gasteiger partial charge in [0.2, 0.25) is 0 Å². The normalized spacial score (nSPS) is 24.5. The lowest BCUT2D eigenvalue weighted by Crippen LogP contribution is -2.02. The largest absolute Gasteiger partial charge is 0.478 e. The van der Waals surface area contributed by atoms with Gasteiger partial charge >= 0.3 is 5.97 Å². The van der Waals surface area contributed by atoms with Crippen LogP contribution in [0.5, 0.6) is 0 Å². The van der Waals surface area contributed by atoms with E-state index in [2.05, 4.69) is 12.6 Å². The first-order chi connectivity index (χ1) is 4.74. The van der Waals surface area contributed by atoms with Crippen molar-refractivity contribution in [1.29, 1.82) is 0 Å². The zero-order valence-electron chi connectivity index (χ0n) is 5.28. The topological polar surface area (TPSA) is 49.8 Å². The molecule has 10 heavy (non-hydrogen) atoms. The first-order valence-corrected chi connectivity index (χ1v) is 3.44. The van der Waals surface area contributed by atoms with Crippen LogP contribution in [0.4, 0.5) is 0 Å². The van der Waals surface area contributed by atoms with Crippen molar-refractivity contribution in [3.05, 3.63) is 11.0 Å². The fraction of sp³-hybridized carbons (Fsp3) is 0.500. The van der Waals surface area contributed by atoms with Gasteiger partial charge in [-0.1, -0.05) is 0 Å². The van der Waals surface area contributed by atoms with Gasteiger partial charge in [-0.15, -0.1) is 0 Å². The summed E-state index contributed by atoms with van der Waals surface area (Å²) in [7, 11) is 0. The molecule has 1 aliphatic heterocycles. The van der Waals surface area contributed by atoms with Gasteiger partial charge < -0.3 is 9.84 Å². The Kier molecular flexibility index (Phi) is 2.34. The first-order valence-electron chi connectivity index (χ1n) is 2.92. The average molecular weight is 160 g/mol. The highest BCUT2D eigenvalue weighted by molar-refractivity contribution is 7.83. The maximum Gasteiger partial charge on any atom is 0.332 e. The molecule has 1 fully saturated rings. The van der Waals surface area contributed by atoms with Crippen LogP contribution in [0.25, 0.3) is 0 Å². The van der Waals surface area contributed by atoms with E-state index in [1.54, 1.807) is 0 Å². The van der Waals surface area contributed by atoms with Crippen LogP contribution >= 0.6 is 12.6 Å². The lowest BCUT2D eigenvalue weighted by molar-refractivity contribution is -0.132. The zero-order chi connectivity index (χ0) is 7.56. The van der Waals surface area contributed by atoms with Gasteiger partial charge in [0.05, 0.1) is 12.7 Å². The number of carboxylic acids is 1. The molecule has 1 unspecified atom stereocenters. The minimum Gasteiger partial charge on any atom is -0.478 e. The summed E-state index contributed by atoms with van der Waals surface area (Å²) in [5.74, 6) is -0.912. The number of ether oxygens (including phenoxy) is 1. The third-order valence-electron chi connectivity index (χ3n) is 1.28.